The number of nitrogens with zero attached hydrogens (tertiary/aromatic N) is 2. The van der Waals surface area contributed by atoms with E-state index in [9.17, 15) is 14.4 Å². The minimum Gasteiger partial charge on any atom is -0.497 e. The summed E-state index contributed by atoms with van der Waals surface area (Å²) in [6.07, 6.45) is 2.79. The number of carbonyl (C=O) groups is 3. The number of hydrazine groups is 1. The summed E-state index contributed by atoms with van der Waals surface area (Å²) in [6.45, 7) is 0.759. The summed E-state index contributed by atoms with van der Waals surface area (Å²) < 4.78 is 21.3. The zero-order valence-electron chi connectivity index (χ0n) is 22.4. The van der Waals surface area contributed by atoms with E-state index in [4.69, 9.17) is 18.9 Å². The van der Waals surface area contributed by atoms with Gasteiger partial charge < -0.3 is 24.3 Å². The van der Waals surface area contributed by atoms with Gasteiger partial charge in [0, 0.05) is 19.5 Å². The second kappa shape index (κ2) is 11.6. The van der Waals surface area contributed by atoms with Crippen LogP contribution in [0.4, 0.5) is 0 Å². The van der Waals surface area contributed by atoms with Crippen molar-refractivity contribution in [1.82, 2.24) is 15.3 Å². The van der Waals surface area contributed by atoms with Crippen LogP contribution in [0.3, 0.4) is 0 Å². The van der Waals surface area contributed by atoms with Gasteiger partial charge in [0.25, 0.3) is 11.8 Å². The molecular weight excluding hydrogens is 490 g/mol. The van der Waals surface area contributed by atoms with E-state index in [1.807, 2.05) is 24.3 Å². The molecule has 1 aliphatic carbocycles. The number of benzene rings is 2. The average molecular weight is 526 g/mol. The van der Waals surface area contributed by atoms with Crippen LogP contribution in [0.5, 0.6) is 23.0 Å². The Labute approximate surface area is 222 Å². The van der Waals surface area contributed by atoms with E-state index in [1.54, 1.807) is 24.3 Å². The van der Waals surface area contributed by atoms with Gasteiger partial charge in [0.2, 0.25) is 11.7 Å². The van der Waals surface area contributed by atoms with Crippen LogP contribution in [0.1, 0.15) is 36.8 Å². The quantitative estimate of drug-likeness (QED) is 0.480. The van der Waals surface area contributed by atoms with E-state index in [2.05, 4.69) is 5.32 Å². The van der Waals surface area contributed by atoms with E-state index >= 15 is 0 Å². The molecule has 2 fully saturated rings. The van der Waals surface area contributed by atoms with E-state index in [1.165, 1.54) is 26.3 Å². The summed E-state index contributed by atoms with van der Waals surface area (Å²) in [5.41, 5.74) is 1.17. The van der Waals surface area contributed by atoms with E-state index in [0.29, 0.717) is 43.2 Å². The van der Waals surface area contributed by atoms with Crippen LogP contribution in [0.15, 0.2) is 36.4 Å². The molecule has 0 bridgehead atoms. The number of ether oxygens (including phenoxy) is 4. The molecule has 10 heteroatoms. The third-order valence-corrected chi connectivity index (χ3v) is 7.16. The molecule has 1 aliphatic heterocycles. The lowest BCUT2D eigenvalue weighted by Gasteiger charge is -2.31. The largest absolute Gasteiger partial charge is 0.497 e. The molecule has 0 spiro atoms. The number of amides is 3. The van der Waals surface area contributed by atoms with Gasteiger partial charge in [-0.1, -0.05) is 12.1 Å². The Hall–Kier alpha value is -3.95. The molecule has 1 saturated carbocycles. The lowest BCUT2D eigenvalue weighted by atomic mass is 9.94. The van der Waals surface area contributed by atoms with E-state index in [-0.39, 0.29) is 30.7 Å². The first-order chi connectivity index (χ1) is 18.4. The predicted molar refractivity (Wildman–Crippen MR) is 139 cm³/mol. The van der Waals surface area contributed by atoms with Crippen LogP contribution in [-0.4, -0.2) is 75.8 Å². The fourth-order valence-electron chi connectivity index (χ4n) is 4.88. The van der Waals surface area contributed by atoms with Crippen LogP contribution < -0.4 is 24.3 Å². The maximum absolute atomic E-state index is 13.5. The highest BCUT2D eigenvalue weighted by Gasteiger charge is 2.54. The number of rotatable bonds is 11. The van der Waals surface area contributed by atoms with Crippen LogP contribution in [0, 0.1) is 0 Å². The zero-order chi connectivity index (χ0) is 27.3. The second-order valence-corrected chi connectivity index (χ2v) is 9.42. The van der Waals surface area contributed by atoms with Crippen molar-refractivity contribution in [1.29, 1.82) is 0 Å². The number of nitrogens with one attached hydrogen (secondary N) is 1. The molecule has 38 heavy (non-hydrogen) atoms. The molecule has 0 aromatic heterocycles. The molecule has 10 nitrogen and oxygen atoms in total. The molecule has 0 radical (unpaired) electrons. The van der Waals surface area contributed by atoms with Gasteiger partial charge >= 0.3 is 0 Å². The Morgan fingerprint density at radius 3 is 2.05 bits per heavy atom. The van der Waals surface area contributed by atoms with Gasteiger partial charge in [0.05, 0.1) is 40.4 Å². The molecule has 1 saturated heterocycles. The van der Waals surface area contributed by atoms with Crippen LogP contribution in [0.25, 0.3) is 0 Å². The molecule has 204 valence electrons. The fourth-order valence-corrected chi connectivity index (χ4v) is 4.88. The second-order valence-electron chi connectivity index (χ2n) is 9.42. The van der Waals surface area contributed by atoms with Crippen molar-refractivity contribution >= 4 is 17.7 Å². The van der Waals surface area contributed by atoms with Crippen molar-refractivity contribution in [2.45, 2.75) is 37.5 Å². The molecule has 1 heterocycles. The summed E-state index contributed by atoms with van der Waals surface area (Å²) >= 11 is 0. The molecule has 2 aliphatic rings. The van der Waals surface area contributed by atoms with Crippen molar-refractivity contribution in [3.8, 4) is 23.0 Å². The minimum atomic E-state index is -0.598. The Bertz CT molecular complexity index is 1150. The van der Waals surface area contributed by atoms with Crippen LogP contribution in [0.2, 0.25) is 0 Å². The van der Waals surface area contributed by atoms with Gasteiger partial charge in [-0.05, 0) is 61.1 Å². The molecule has 0 unspecified atom stereocenters. The fraction of sp³-hybridized carbons (Fsp3) is 0.464. The molecule has 0 atom stereocenters. The monoisotopic (exact) mass is 525 g/mol. The average Bonchev–Trinajstić information content (AvgIpc) is 3.62. The smallest absolute Gasteiger partial charge is 0.260 e. The van der Waals surface area contributed by atoms with E-state index in [0.717, 1.165) is 29.7 Å². The third-order valence-electron chi connectivity index (χ3n) is 7.16. The zero-order valence-corrected chi connectivity index (χ0v) is 22.4. The maximum atomic E-state index is 13.5. The number of hydrogen-bond acceptors (Lipinski definition) is 7. The first-order valence-corrected chi connectivity index (χ1v) is 12.7. The van der Waals surface area contributed by atoms with Gasteiger partial charge in [0.1, 0.15) is 5.75 Å². The van der Waals surface area contributed by atoms with Crippen molar-refractivity contribution in [2.24, 2.45) is 0 Å². The summed E-state index contributed by atoms with van der Waals surface area (Å²) in [5, 5.41) is 5.73. The number of hydrogen-bond donors (Lipinski definition) is 1. The molecule has 3 amide bonds. The van der Waals surface area contributed by atoms with Gasteiger partial charge in [-0.15, -0.1) is 0 Å². The topological polar surface area (TPSA) is 107 Å². The van der Waals surface area contributed by atoms with E-state index < -0.39 is 5.41 Å². The molecular formula is C28H35N3O7. The lowest BCUT2D eigenvalue weighted by molar-refractivity contribution is -0.159. The Morgan fingerprint density at radius 2 is 1.50 bits per heavy atom. The third kappa shape index (κ3) is 5.49. The normalized spacial score (nSPS) is 15.6. The number of methoxy groups -OCH3 is 4. The molecule has 1 N–H and O–H groups in total. The summed E-state index contributed by atoms with van der Waals surface area (Å²) in [5.74, 6) is 1.61. The Kier molecular flexibility index (Phi) is 8.29. The standard InChI is InChI=1S/C28H35N3O7/c1-35-21-9-7-20(8-10-21)28(12-13-28)27(34)31-15-5-14-30(31)25(33)18-29-24(32)11-6-19-16-22(36-2)26(38-4)23(17-19)37-3/h7-10,16-17H,5-6,11-15,18H2,1-4H3,(H,29,32). The summed E-state index contributed by atoms with van der Waals surface area (Å²) in [4.78, 5) is 39.1. The maximum Gasteiger partial charge on any atom is 0.260 e. The van der Waals surface area contributed by atoms with Crippen molar-refractivity contribution in [3.05, 3.63) is 47.5 Å². The minimum absolute atomic E-state index is 0.0674. The van der Waals surface area contributed by atoms with Gasteiger partial charge in [-0.25, -0.2) is 5.01 Å². The molecule has 4 rings (SSSR count). The van der Waals surface area contributed by atoms with Crippen molar-refractivity contribution < 1.29 is 33.3 Å². The van der Waals surface area contributed by atoms with Gasteiger partial charge in [0.15, 0.2) is 11.5 Å². The van der Waals surface area contributed by atoms with Crippen molar-refractivity contribution in [2.75, 3.05) is 48.1 Å². The summed E-state index contributed by atoms with van der Waals surface area (Å²) in [6, 6.07) is 11.1. The number of aryl methyl sites for hydroxylation is 1. The van der Waals surface area contributed by atoms with Gasteiger partial charge in [-0.2, -0.15) is 0 Å². The SMILES string of the molecule is COc1ccc(C2(C(=O)N3CCCN3C(=O)CNC(=O)CCc3cc(OC)c(OC)c(OC)c3)CC2)cc1. The summed E-state index contributed by atoms with van der Waals surface area (Å²) in [7, 11) is 6.21. The first kappa shape index (κ1) is 27.1. The highest BCUT2D eigenvalue weighted by molar-refractivity contribution is 5.94. The van der Waals surface area contributed by atoms with Crippen LogP contribution >= 0.6 is 0 Å². The molecule has 2 aromatic rings. The van der Waals surface area contributed by atoms with Gasteiger partial charge in [-0.3, -0.25) is 19.4 Å². The highest BCUT2D eigenvalue weighted by Crippen LogP contribution is 2.50. The predicted octanol–water partition coefficient (Wildman–Crippen LogP) is 2.48. The lowest BCUT2D eigenvalue weighted by Crippen LogP contribution is -2.51. The Morgan fingerprint density at radius 1 is 0.868 bits per heavy atom. The van der Waals surface area contributed by atoms with Crippen LogP contribution in [-0.2, 0) is 26.2 Å². The van der Waals surface area contributed by atoms with Crippen molar-refractivity contribution in [3.63, 3.8) is 0 Å². The highest BCUT2D eigenvalue weighted by atomic mass is 16.5. The number of carbonyl (C=O) groups excluding carboxylic acids is 3. The Balaban J connectivity index is 1.32. The first-order valence-electron chi connectivity index (χ1n) is 12.7. The molecule has 2 aromatic carbocycles.